The topological polar surface area (TPSA) is 267 Å². The van der Waals surface area contributed by atoms with Gasteiger partial charge in [0.2, 0.25) is 0 Å². The van der Waals surface area contributed by atoms with Crippen LogP contribution < -0.4 is 11.1 Å². The Hall–Kier alpha value is -6.95. The number of carboxylic acids is 1. The van der Waals surface area contributed by atoms with E-state index in [1.54, 1.807) is 0 Å². The van der Waals surface area contributed by atoms with Crippen LogP contribution in [0.4, 0.5) is 4.79 Å². The summed E-state index contributed by atoms with van der Waals surface area (Å²) >= 11 is 0. The minimum atomic E-state index is -0.885. The van der Waals surface area contributed by atoms with E-state index in [1.165, 1.54) is 47.0 Å². The maximum atomic E-state index is 12.1. The largest absolute Gasteiger partial charge is 0.481 e. The fraction of sp³-hybridized carbons (Fsp3) is 0.542. The standard InChI is InChI=1S/C18H21NO4.C11H14O4.C10H17NO2.C10H10O3.C6H8.C4H2O3/c1-22-17(20)15-13-7-9-14(10-8-13)16(15)19-18(21)23-11-12-5-3-2-4-6-12;1-15-11(14)9-7-4-2-6(3-5-7)8(9)10(12)13;1-13-10(12)8-6-2-4-7(5-3-6)9(8)11;11-9-7-5-1-2-6(4-3-5)8(7)10(12)13-9;1-2-4-6-5-3-1;5-3-1-2-4(6)7-3/h2-7,9,13-16H,8,10-11H2,1H3,(H,19,21);2,4,6-9H,3,5H2,1H3,(H,12,13);6-9H,2-5,11H2,1H3;1-2,5-8H,3-4H2;1-4H,5-6H2;1-2H/t13?,14?,15-,16-;2*6?,7?,8-,9-;5?,6?,7-,8+;;/m111.../s1. The number of rotatable bonds is 7. The number of carbonyl (C=O) groups is 9. The lowest BCUT2D eigenvalue weighted by atomic mass is 9.62. The Labute approximate surface area is 448 Å². The Morgan fingerprint density at radius 3 is 1.43 bits per heavy atom. The molecular weight excluding hydrogens is 993 g/mol. The molecule has 18 nitrogen and oxygen atoms in total. The molecule has 0 spiro atoms. The summed E-state index contributed by atoms with van der Waals surface area (Å²) in [6, 6.07) is 9.31. The van der Waals surface area contributed by atoms with Gasteiger partial charge in [-0.25, -0.2) is 14.4 Å². The second-order valence-corrected chi connectivity index (χ2v) is 21.2. The quantitative estimate of drug-likeness (QED) is 0.107. The smallest absolute Gasteiger partial charge is 0.407 e. The van der Waals surface area contributed by atoms with Crippen molar-refractivity contribution >= 4 is 53.8 Å². The van der Waals surface area contributed by atoms with Gasteiger partial charge in [0.1, 0.15) is 6.61 Å². The number of carboxylic acid groups (broad SMARTS) is 1. The second kappa shape index (κ2) is 27.4. The third-order valence-corrected chi connectivity index (χ3v) is 16.9. The Balaban J connectivity index is 0.000000141. The molecule has 6 unspecified atom stereocenters. The monoisotopic (exact) mass is 1060 g/mol. The first kappa shape index (κ1) is 57.7. The van der Waals surface area contributed by atoms with Gasteiger partial charge in [-0.1, -0.05) is 91.1 Å². The number of fused-ring (bicyclic) bond motifs is 8. The molecule has 1 saturated heterocycles. The van der Waals surface area contributed by atoms with Gasteiger partial charge in [-0.2, -0.15) is 0 Å². The van der Waals surface area contributed by atoms with Crippen LogP contribution in [0.3, 0.4) is 0 Å². The Bertz CT molecular complexity index is 2450. The lowest BCUT2D eigenvalue weighted by molar-refractivity contribution is -0.162. The number of alkyl carbamates (subject to hydrolysis) is 1. The first-order valence-electron chi connectivity index (χ1n) is 26.9. The normalized spacial score (nSPS) is 34.0. The van der Waals surface area contributed by atoms with Crippen LogP contribution in [0.5, 0.6) is 0 Å². The predicted molar refractivity (Wildman–Crippen MR) is 277 cm³/mol. The summed E-state index contributed by atoms with van der Waals surface area (Å²) in [5.74, 6) is -3.22. The van der Waals surface area contributed by atoms with E-state index in [9.17, 15) is 43.2 Å². The molecule has 18 heteroatoms. The summed E-state index contributed by atoms with van der Waals surface area (Å²) < 4.78 is 28.3. The molecule has 0 aromatic heterocycles. The van der Waals surface area contributed by atoms with Gasteiger partial charge in [0.15, 0.2) is 0 Å². The molecule has 0 radical (unpaired) electrons. The number of cyclic esters (lactones) is 4. The number of hydrogen-bond acceptors (Lipinski definition) is 16. The van der Waals surface area contributed by atoms with Gasteiger partial charge in [-0.15, -0.1) is 0 Å². The highest BCUT2D eigenvalue weighted by Gasteiger charge is 2.55. The van der Waals surface area contributed by atoms with E-state index in [1.807, 2.05) is 42.5 Å². The van der Waals surface area contributed by atoms with Gasteiger partial charge in [0, 0.05) is 18.2 Å². The van der Waals surface area contributed by atoms with Crippen molar-refractivity contribution in [1.29, 1.82) is 0 Å². The molecule has 1 amide bonds. The Kier molecular flexibility index (Phi) is 20.5. The predicted octanol–water partition coefficient (Wildman–Crippen LogP) is 7.08. The van der Waals surface area contributed by atoms with E-state index in [4.69, 9.17) is 25.1 Å². The average molecular weight is 1070 g/mol. The van der Waals surface area contributed by atoms with Crippen molar-refractivity contribution in [3.8, 4) is 0 Å². The molecule has 77 heavy (non-hydrogen) atoms. The van der Waals surface area contributed by atoms with Crippen LogP contribution in [0.2, 0.25) is 0 Å². The maximum Gasteiger partial charge on any atom is 0.407 e. The lowest BCUT2D eigenvalue weighted by Crippen LogP contribution is -2.54. The third kappa shape index (κ3) is 14.4. The van der Waals surface area contributed by atoms with Crippen LogP contribution in [0.25, 0.3) is 0 Å². The van der Waals surface area contributed by atoms with Crippen molar-refractivity contribution < 1.29 is 76.7 Å². The van der Waals surface area contributed by atoms with Gasteiger partial charge in [-0.05, 0) is 130 Å². The van der Waals surface area contributed by atoms with Gasteiger partial charge in [0.25, 0.3) is 0 Å². The van der Waals surface area contributed by atoms with Crippen LogP contribution in [0.15, 0.2) is 103 Å². The van der Waals surface area contributed by atoms with E-state index in [2.05, 4.69) is 68.1 Å². The van der Waals surface area contributed by atoms with Crippen LogP contribution >= 0.6 is 0 Å². The zero-order valence-electron chi connectivity index (χ0n) is 43.9. The zero-order valence-corrected chi connectivity index (χ0v) is 43.9. The highest BCUT2D eigenvalue weighted by molar-refractivity contribution is 6.05. The summed E-state index contributed by atoms with van der Waals surface area (Å²) in [6.07, 6.45) is 35.4. The first-order valence-corrected chi connectivity index (χ1v) is 26.9. The minimum absolute atomic E-state index is 0.00315. The molecular formula is C59H72N2O16. The molecule has 4 N–H and O–H groups in total. The second-order valence-electron chi connectivity index (χ2n) is 21.2. The van der Waals surface area contributed by atoms with E-state index in [0.717, 1.165) is 69.1 Å². The van der Waals surface area contributed by atoms with E-state index in [-0.39, 0.29) is 108 Å². The number of hydrogen-bond donors (Lipinski definition) is 3. The highest BCUT2D eigenvalue weighted by atomic mass is 16.6. The number of allylic oxidation sites excluding steroid dienone is 9. The van der Waals surface area contributed by atoms with E-state index >= 15 is 0 Å². The minimum Gasteiger partial charge on any atom is -0.481 e. The zero-order chi connectivity index (χ0) is 55.2. The van der Waals surface area contributed by atoms with Crippen molar-refractivity contribution in [2.75, 3.05) is 21.3 Å². The molecule has 1 aromatic carbocycles. The summed E-state index contributed by atoms with van der Waals surface area (Å²) in [4.78, 5) is 101. The Morgan fingerprint density at radius 1 is 0.558 bits per heavy atom. The van der Waals surface area contributed by atoms with Gasteiger partial charge in [-0.3, -0.25) is 28.8 Å². The van der Waals surface area contributed by atoms with Crippen molar-refractivity contribution in [3.05, 3.63) is 109 Å². The lowest BCUT2D eigenvalue weighted by Gasteiger charge is -2.45. The van der Waals surface area contributed by atoms with Crippen molar-refractivity contribution in [3.63, 3.8) is 0 Å². The van der Waals surface area contributed by atoms with E-state index < -0.39 is 35.8 Å². The Morgan fingerprint density at radius 2 is 1.00 bits per heavy atom. The molecule has 1 aromatic rings. The number of esters is 7. The van der Waals surface area contributed by atoms with Crippen molar-refractivity contribution in [1.82, 2.24) is 5.32 Å². The SMILES string of the molecule is C1=CCCC=C1.COC(=O)[C@@H]1C2C=CC(CC2)[C@H]1C(=O)O.COC(=O)[C@@H]1C2C=CC(CC2)[C@H]1NC(=O)OCc1ccccc1.COC(=O)[C@@H]1C2CCC(CC2)[C@H]1N.O=C1C=CC(=O)O1.O=C1OC(=O)[C@H]2C3C=CC(CC3)[C@@H]12. The molecule has 7 fully saturated rings. The highest BCUT2D eigenvalue weighted by Crippen LogP contribution is 2.49. The van der Waals surface area contributed by atoms with E-state index in [0.29, 0.717) is 11.8 Å². The number of aliphatic carboxylic acids is 1. The fourth-order valence-corrected chi connectivity index (χ4v) is 13.0. The van der Waals surface area contributed by atoms with Gasteiger partial charge in [0.05, 0.1) is 62.9 Å². The molecule has 2 heterocycles. The molecule has 2 aliphatic heterocycles. The molecule has 15 aliphatic rings. The molecule has 14 atom stereocenters. The van der Waals surface area contributed by atoms with Crippen LogP contribution in [-0.2, 0) is 73.4 Å². The molecule has 16 rings (SSSR count). The first-order chi connectivity index (χ1) is 37.1. The molecule has 13 aliphatic carbocycles. The third-order valence-electron chi connectivity index (χ3n) is 16.9. The van der Waals surface area contributed by atoms with Crippen molar-refractivity contribution in [2.24, 2.45) is 88.6 Å². The number of amides is 1. The number of carbonyl (C=O) groups excluding carboxylic acids is 8. The fourth-order valence-electron chi connectivity index (χ4n) is 13.0. The number of nitrogens with one attached hydrogen (secondary N) is 1. The van der Waals surface area contributed by atoms with Gasteiger partial charge >= 0.3 is 53.8 Å². The summed E-state index contributed by atoms with van der Waals surface area (Å²) in [7, 11) is 4.16. The number of nitrogens with two attached hydrogens (primary N) is 1. The van der Waals surface area contributed by atoms with Crippen LogP contribution in [0, 0.1) is 82.9 Å². The summed E-state index contributed by atoms with van der Waals surface area (Å²) in [5, 5.41) is 12.0. The summed E-state index contributed by atoms with van der Waals surface area (Å²) in [6.45, 7) is 0.215. The number of methoxy groups -OCH3 is 3. The number of benzene rings is 1. The average Bonchev–Trinajstić information content (AvgIpc) is 4.05. The number of ether oxygens (including phenoxy) is 6. The molecule has 414 valence electrons. The van der Waals surface area contributed by atoms with Crippen LogP contribution in [0.1, 0.15) is 82.6 Å². The molecule has 6 saturated carbocycles. The summed E-state index contributed by atoms with van der Waals surface area (Å²) in [5.41, 5.74) is 6.97. The van der Waals surface area contributed by atoms with Crippen molar-refractivity contribution in [2.45, 2.75) is 95.7 Å². The molecule has 8 bridgehead atoms. The van der Waals surface area contributed by atoms with Gasteiger partial charge < -0.3 is 44.6 Å². The van der Waals surface area contributed by atoms with Crippen LogP contribution in [-0.4, -0.2) is 92.4 Å². The maximum absolute atomic E-state index is 12.1.